The van der Waals surface area contributed by atoms with Crippen LogP contribution in [-0.2, 0) is 19.3 Å². The highest BCUT2D eigenvalue weighted by atomic mass is 19.1. The highest BCUT2D eigenvalue weighted by molar-refractivity contribution is 5.77. The van der Waals surface area contributed by atoms with Gasteiger partial charge < -0.3 is 4.74 Å². The highest BCUT2D eigenvalue weighted by Gasteiger charge is 2.26. The Bertz CT molecular complexity index is 1280. The van der Waals surface area contributed by atoms with Crippen LogP contribution in [0.2, 0.25) is 0 Å². The summed E-state index contributed by atoms with van der Waals surface area (Å²) in [6.07, 6.45) is 11.0. The van der Waals surface area contributed by atoms with Crippen LogP contribution in [-0.4, -0.2) is 6.61 Å². The van der Waals surface area contributed by atoms with E-state index in [1.54, 1.807) is 6.07 Å². The molecule has 1 aliphatic rings. The lowest BCUT2D eigenvalue weighted by molar-refractivity contribution is 0.127. The fourth-order valence-electron chi connectivity index (χ4n) is 6.84. The maximum atomic E-state index is 15.5. The topological polar surface area (TPSA) is 9.23 Å². The second-order valence-corrected chi connectivity index (χ2v) is 12.6. The molecule has 0 spiro atoms. The third-order valence-electron chi connectivity index (χ3n) is 10.4. The lowest BCUT2D eigenvalue weighted by Gasteiger charge is -2.31. The van der Waals surface area contributed by atoms with Crippen LogP contribution in [0.25, 0.3) is 22.3 Å². The zero-order chi connectivity index (χ0) is 29.6. The van der Waals surface area contributed by atoms with Crippen molar-refractivity contribution < 1.29 is 9.13 Å². The predicted octanol–water partition coefficient (Wildman–Crippen LogP) is 11.7. The average molecular weight is 557 g/mol. The van der Waals surface area contributed by atoms with Gasteiger partial charge in [-0.15, -0.1) is 0 Å². The SMILES string of the molecule is CCc1cc(-c2ccc(-c3ccc(C4CCC(C)CC4)cc3F)cc2CC)c(CC)cc1OCC(CC)(CC)CC. The van der Waals surface area contributed by atoms with E-state index in [-0.39, 0.29) is 11.2 Å². The summed E-state index contributed by atoms with van der Waals surface area (Å²) in [5.41, 5.74) is 9.47. The molecular formula is C39H53FO. The molecule has 1 nitrogen and oxygen atoms in total. The number of halogens is 1. The first-order valence-electron chi connectivity index (χ1n) is 16.5. The minimum Gasteiger partial charge on any atom is -0.493 e. The predicted molar refractivity (Wildman–Crippen MR) is 175 cm³/mol. The quantitative estimate of drug-likeness (QED) is 0.215. The minimum atomic E-state index is -0.0951. The van der Waals surface area contributed by atoms with E-state index in [0.29, 0.717) is 11.5 Å². The largest absolute Gasteiger partial charge is 0.493 e. The molecule has 41 heavy (non-hydrogen) atoms. The Morgan fingerprint density at radius 2 is 1.29 bits per heavy atom. The van der Waals surface area contributed by atoms with E-state index in [0.717, 1.165) is 62.4 Å². The second-order valence-electron chi connectivity index (χ2n) is 12.6. The average Bonchev–Trinajstić information content (AvgIpc) is 3.01. The van der Waals surface area contributed by atoms with Crippen LogP contribution in [0, 0.1) is 17.2 Å². The third-order valence-corrected chi connectivity index (χ3v) is 10.4. The molecular weight excluding hydrogens is 503 g/mol. The van der Waals surface area contributed by atoms with Gasteiger partial charge >= 0.3 is 0 Å². The maximum Gasteiger partial charge on any atom is 0.131 e. The van der Waals surface area contributed by atoms with Gasteiger partial charge in [0, 0.05) is 11.0 Å². The van der Waals surface area contributed by atoms with Gasteiger partial charge in [0.05, 0.1) is 6.61 Å². The molecule has 1 aliphatic carbocycles. The third kappa shape index (κ3) is 6.90. The van der Waals surface area contributed by atoms with Gasteiger partial charge in [0.25, 0.3) is 0 Å². The standard InChI is InChI=1S/C39H53FO/c1-8-28-22-33(35-21-18-32(24-37(35)40)31-16-14-27(7)15-17-31)19-20-34(28)36-23-30(10-3)38(25-29(36)9-2)41-26-39(11-4,12-5)13-6/h18-25,27,31H,8-17,26H2,1-7H3. The van der Waals surface area contributed by atoms with E-state index in [1.165, 1.54) is 59.1 Å². The summed E-state index contributed by atoms with van der Waals surface area (Å²) >= 11 is 0. The first-order valence-corrected chi connectivity index (χ1v) is 16.5. The van der Waals surface area contributed by atoms with Gasteiger partial charge in [0.1, 0.15) is 11.6 Å². The zero-order valence-corrected chi connectivity index (χ0v) is 26.8. The van der Waals surface area contributed by atoms with Crippen molar-refractivity contribution in [1.29, 1.82) is 0 Å². The van der Waals surface area contributed by atoms with Crippen LogP contribution in [0.15, 0.2) is 48.5 Å². The molecule has 0 heterocycles. The van der Waals surface area contributed by atoms with Crippen molar-refractivity contribution >= 4 is 0 Å². The summed E-state index contributed by atoms with van der Waals surface area (Å²) in [6.45, 7) is 16.6. The number of ether oxygens (including phenoxy) is 1. The Labute approximate surface area is 249 Å². The molecule has 0 unspecified atom stereocenters. The molecule has 0 aromatic heterocycles. The van der Waals surface area contributed by atoms with Crippen molar-refractivity contribution in [1.82, 2.24) is 0 Å². The molecule has 0 N–H and O–H groups in total. The molecule has 1 saturated carbocycles. The lowest BCUT2D eigenvalue weighted by atomic mass is 9.79. The van der Waals surface area contributed by atoms with Gasteiger partial charge in [-0.25, -0.2) is 4.39 Å². The second kappa shape index (κ2) is 14.0. The van der Waals surface area contributed by atoms with Crippen LogP contribution in [0.5, 0.6) is 5.75 Å². The summed E-state index contributed by atoms with van der Waals surface area (Å²) in [7, 11) is 0. The number of hydrogen-bond acceptors (Lipinski definition) is 1. The van der Waals surface area contributed by atoms with E-state index in [4.69, 9.17) is 4.74 Å². The molecule has 0 atom stereocenters. The monoisotopic (exact) mass is 556 g/mol. The fraction of sp³-hybridized carbons (Fsp3) is 0.538. The van der Waals surface area contributed by atoms with Crippen LogP contribution in [0.3, 0.4) is 0 Å². The van der Waals surface area contributed by atoms with Gasteiger partial charge in [-0.05, 0) is 120 Å². The van der Waals surface area contributed by atoms with Crippen molar-refractivity contribution in [3.8, 4) is 28.0 Å². The summed E-state index contributed by atoms with van der Waals surface area (Å²) in [5.74, 6) is 2.24. The molecule has 3 aromatic carbocycles. The lowest BCUT2D eigenvalue weighted by Crippen LogP contribution is -2.26. The van der Waals surface area contributed by atoms with Crippen molar-refractivity contribution in [2.75, 3.05) is 6.61 Å². The van der Waals surface area contributed by atoms with E-state index in [1.807, 2.05) is 6.07 Å². The molecule has 4 rings (SSSR count). The Morgan fingerprint density at radius 3 is 1.88 bits per heavy atom. The minimum absolute atomic E-state index is 0.0951. The van der Waals surface area contributed by atoms with E-state index >= 15 is 4.39 Å². The van der Waals surface area contributed by atoms with E-state index in [2.05, 4.69) is 84.9 Å². The number of aryl methyl sites for hydroxylation is 3. The van der Waals surface area contributed by atoms with Gasteiger partial charge in [0.2, 0.25) is 0 Å². The molecule has 2 heteroatoms. The van der Waals surface area contributed by atoms with Gasteiger partial charge in [-0.1, -0.05) is 91.6 Å². The smallest absolute Gasteiger partial charge is 0.131 e. The van der Waals surface area contributed by atoms with Gasteiger partial charge in [-0.2, -0.15) is 0 Å². The Morgan fingerprint density at radius 1 is 0.683 bits per heavy atom. The van der Waals surface area contributed by atoms with Gasteiger partial charge in [0.15, 0.2) is 0 Å². The maximum absolute atomic E-state index is 15.5. The van der Waals surface area contributed by atoms with Crippen LogP contribution >= 0.6 is 0 Å². The number of hydrogen-bond donors (Lipinski definition) is 0. The van der Waals surface area contributed by atoms with Crippen molar-refractivity contribution in [3.05, 3.63) is 76.6 Å². The molecule has 0 amide bonds. The van der Waals surface area contributed by atoms with Crippen LogP contribution < -0.4 is 4.74 Å². The summed E-state index contributed by atoms with van der Waals surface area (Å²) in [6, 6.07) is 17.2. The van der Waals surface area contributed by atoms with Crippen LogP contribution in [0.4, 0.5) is 4.39 Å². The number of rotatable bonds is 12. The highest BCUT2D eigenvalue weighted by Crippen LogP contribution is 2.40. The van der Waals surface area contributed by atoms with Crippen molar-refractivity contribution in [2.45, 2.75) is 119 Å². The van der Waals surface area contributed by atoms with Crippen molar-refractivity contribution in [2.24, 2.45) is 11.3 Å². The first-order chi connectivity index (χ1) is 19.8. The van der Waals surface area contributed by atoms with Gasteiger partial charge in [-0.3, -0.25) is 0 Å². The van der Waals surface area contributed by atoms with E-state index < -0.39 is 0 Å². The summed E-state index contributed by atoms with van der Waals surface area (Å²) in [5, 5.41) is 0. The molecule has 0 radical (unpaired) electrons. The Hall–Kier alpha value is -2.61. The molecule has 0 aliphatic heterocycles. The van der Waals surface area contributed by atoms with Crippen LogP contribution in [0.1, 0.15) is 122 Å². The summed E-state index contributed by atoms with van der Waals surface area (Å²) in [4.78, 5) is 0. The molecule has 0 saturated heterocycles. The fourth-order valence-corrected chi connectivity index (χ4v) is 6.84. The Balaban J connectivity index is 1.65. The summed E-state index contributed by atoms with van der Waals surface area (Å²) < 4.78 is 22.1. The van der Waals surface area contributed by atoms with Crippen molar-refractivity contribution in [3.63, 3.8) is 0 Å². The molecule has 3 aromatic rings. The Kier molecular flexibility index (Phi) is 10.7. The molecule has 222 valence electrons. The number of benzene rings is 3. The van der Waals surface area contributed by atoms with E-state index in [9.17, 15) is 0 Å². The molecule has 0 bridgehead atoms. The normalized spacial score (nSPS) is 17.6. The first kappa shape index (κ1) is 31.3. The molecule has 1 fully saturated rings. The zero-order valence-electron chi connectivity index (χ0n) is 26.8.